The molecule has 2 aromatic carbocycles. The molecule has 0 N–H and O–H groups in total. The van der Waals surface area contributed by atoms with E-state index in [2.05, 4.69) is 74.5 Å². The normalized spacial score (nSPS) is 30.5. The van der Waals surface area contributed by atoms with Crippen molar-refractivity contribution in [1.82, 2.24) is 0 Å². The molecule has 0 unspecified atom stereocenters. The number of rotatable bonds is 2. The number of benzene rings is 2. The fraction of sp³-hybridized carbons (Fsp3) is 0.385. The molecule has 1 saturated carbocycles. The minimum absolute atomic E-state index is 0.519. The van der Waals surface area contributed by atoms with Gasteiger partial charge in [0.15, 0.2) is 0 Å². The van der Waals surface area contributed by atoms with Gasteiger partial charge in [-0.25, -0.2) is 0 Å². The van der Waals surface area contributed by atoms with Crippen LogP contribution in [0.1, 0.15) is 62.5 Å². The summed E-state index contributed by atoms with van der Waals surface area (Å²) in [4.78, 5) is 0. The van der Waals surface area contributed by atoms with Crippen molar-refractivity contribution in [2.24, 2.45) is 11.8 Å². The number of fused-ring (bicyclic) bond motifs is 3. The van der Waals surface area contributed by atoms with Crippen LogP contribution in [-0.4, -0.2) is 0 Å². The largest absolute Gasteiger partial charge is 0.0731 e. The van der Waals surface area contributed by atoms with Gasteiger partial charge in [-0.05, 0) is 62.5 Å². The van der Waals surface area contributed by atoms with Crippen molar-refractivity contribution < 1.29 is 0 Å². The smallest absolute Gasteiger partial charge is 0.0160 e. The van der Waals surface area contributed by atoms with E-state index in [1.165, 1.54) is 36.8 Å². The zero-order chi connectivity index (χ0) is 17.7. The second kappa shape index (κ2) is 6.27. The van der Waals surface area contributed by atoms with Crippen LogP contribution in [0, 0.1) is 11.8 Å². The molecule has 4 atom stereocenters. The van der Waals surface area contributed by atoms with Crippen LogP contribution in [0.15, 0.2) is 83.0 Å². The van der Waals surface area contributed by atoms with Crippen LogP contribution in [-0.2, 0) is 0 Å². The molecule has 3 aliphatic rings. The number of hydrogen-bond donors (Lipinski definition) is 0. The molecule has 5 rings (SSSR count). The Morgan fingerprint density at radius 3 is 1.35 bits per heavy atom. The third-order valence-electron chi connectivity index (χ3n) is 7.25. The lowest BCUT2D eigenvalue weighted by molar-refractivity contribution is 0.345. The van der Waals surface area contributed by atoms with E-state index in [4.69, 9.17) is 0 Å². The van der Waals surface area contributed by atoms with Crippen LogP contribution < -0.4 is 0 Å². The summed E-state index contributed by atoms with van der Waals surface area (Å²) in [6.07, 6.45) is 5.34. The van der Waals surface area contributed by atoms with Crippen LogP contribution >= 0.6 is 0 Å². The first-order valence-electron chi connectivity index (χ1n) is 10.2. The molecule has 132 valence electrons. The molecule has 0 radical (unpaired) electrons. The lowest BCUT2D eigenvalue weighted by Crippen LogP contribution is -2.32. The molecular weight excluding hydrogens is 312 g/mol. The Morgan fingerprint density at radius 2 is 0.962 bits per heavy atom. The van der Waals surface area contributed by atoms with E-state index in [1.54, 1.807) is 22.3 Å². The van der Waals surface area contributed by atoms with Gasteiger partial charge in [0.2, 0.25) is 0 Å². The third-order valence-corrected chi connectivity index (χ3v) is 7.25. The molecule has 0 heteroatoms. The highest BCUT2D eigenvalue weighted by Gasteiger charge is 2.49. The fourth-order valence-electron chi connectivity index (χ4n) is 6.23. The van der Waals surface area contributed by atoms with E-state index in [-0.39, 0.29) is 0 Å². The monoisotopic (exact) mass is 340 g/mol. The Morgan fingerprint density at radius 1 is 0.577 bits per heavy atom. The molecule has 0 heterocycles. The Bertz CT molecular complexity index is 793. The molecule has 0 saturated heterocycles. The molecule has 0 nitrogen and oxygen atoms in total. The summed E-state index contributed by atoms with van der Waals surface area (Å²) in [7, 11) is 0. The summed E-state index contributed by atoms with van der Waals surface area (Å²) >= 11 is 0. The highest BCUT2D eigenvalue weighted by atomic mass is 14.5. The predicted molar refractivity (Wildman–Crippen MR) is 109 cm³/mol. The first kappa shape index (κ1) is 16.1. The van der Waals surface area contributed by atoms with E-state index in [0.717, 1.165) is 11.8 Å². The van der Waals surface area contributed by atoms with Crippen molar-refractivity contribution in [2.75, 3.05) is 0 Å². The highest BCUT2D eigenvalue weighted by Crippen LogP contribution is 2.62. The summed E-state index contributed by atoms with van der Waals surface area (Å²) in [5.74, 6) is 2.61. The summed E-state index contributed by atoms with van der Waals surface area (Å²) in [5.41, 5.74) is 9.94. The fourth-order valence-corrected chi connectivity index (χ4v) is 6.23. The van der Waals surface area contributed by atoms with Gasteiger partial charge < -0.3 is 0 Å². The first-order chi connectivity index (χ1) is 12.8. The Balaban J connectivity index is 1.76. The van der Waals surface area contributed by atoms with E-state index < -0.39 is 0 Å². The van der Waals surface area contributed by atoms with E-state index in [9.17, 15) is 0 Å². The van der Waals surface area contributed by atoms with Gasteiger partial charge in [-0.15, -0.1) is 0 Å². The zero-order valence-electron chi connectivity index (χ0n) is 15.9. The van der Waals surface area contributed by atoms with Gasteiger partial charge in [0.25, 0.3) is 0 Å². The molecule has 3 aliphatic carbocycles. The Labute approximate surface area is 157 Å². The van der Waals surface area contributed by atoms with Crippen molar-refractivity contribution >= 4 is 0 Å². The van der Waals surface area contributed by atoms with Gasteiger partial charge in [-0.2, -0.15) is 0 Å². The van der Waals surface area contributed by atoms with E-state index in [0.29, 0.717) is 11.8 Å². The van der Waals surface area contributed by atoms with Crippen molar-refractivity contribution in [3.05, 3.63) is 94.1 Å². The first-order valence-corrected chi connectivity index (χ1v) is 10.2. The van der Waals surface area contributed by atoms with Crippen molar-refractivity contribution in [3.8, 4) is 0 Å². The van der Waals surface area contributed by atoms with Crippen LogP contribution in [0.4, 0.5) is 0 Å². The zero-order valence-corrected chi connectivity index (χ0v) is 15.9. The molecule has 0 spiro atoms. The molecule has 0 aliphatic heterocycles. The summed E-state index contributed by atoms with van der Waals surface area (Å²) in [5, 5.41) is 0. The maximum absolute atomic E-state index is 2.41. The SMILES string of the molecule is CC1=C2[C@@H](CC1)[C@@H]1CCC(C)=C1[C@@H](c1ccccc1)[C@@H]2c1ccccc1. The lowest BCUT2D eigenvalue weighted by Gasteiger charge is -2.44. The molecule has 2 aromatic rings. The average Bonchev–Trinajstić information content (AvgIpc) is 3.26. The number of allylic oxidation sites excluding steroid dienone is 4. The molecule has 0 bridgehead atoms. The maximum atomic E-state index is 2.41. The summed E-state index contributed by atoms with van der Waals surface area (Å²) in [6.45, 7) is 4.81. The van der Waals surface area contributed by atoms with Gasteiger partial charge in [0, 0.05) is 11.8 Å². The Kier molecular flexibility index (Phi) is 3.89. The van der Waals surface area contributed by atoms with Crippen molar-refractivity contribution in [3.63, 3.8) is 0 Å². The van der Waals surface area contributed by atoms with Gasteiger partial charge in [-0.1, -0.05) is 83.0 Å². The quantitative estimate of drug-likeness (QED) is 0.515. The highest BCUT2D eigenvalue weighted by molar-refractivity contribution is 5.52. The maximum Gasteiger partial charge on any atom is 0.0160 e. The minimum atomic E-state index is 0.519. The van der Waals surface area contributed by atoms with E-state index in [1.807, 2.05) is 0 Å². The topological polar surface area (TPSA) is 0 Å². The number of hydrogen-bond acceptors (Lipinski definition) is 0. The molecule has 0 aromatic heterocycles. The Hall–Kier alpha value is -2.08. The van der Waals surface area contributed by atoms with E-state index >= 15 is 0 Å². The molecule has 1 fully saturated rings. The minimum Gasteiger partial charge on any atom is -0.0731 e. The lowest BCUT2D eigenvalue weighted by atomic mass is 9.59. The molecule has 26 heavy (non-hydrogen) atoms. The second-order valence-corrected chi connectivity index (χ2v) is 8.54. The molecule has 0 amide bonds. The predicted octanol–water partition coefficient (Wildman–Crippen LogP) is 7.02. The van der Waals surface area contributed by atoms with Gasteiger partial charge >= 0.3 is 0 Å². The summed E-state index contributed by atoms with van der Waals surface area (Å²) < 4.78 is 0. The van der Waals surface area contributed by atoms with Crippen LogP contribution in [0.5, 0.6) is 0 Å². The van der Waals surface area contributed by atoms with Gasteiger partial charge in [0.1, 0.15) is 0 Å². The average molecular weight is 341 g/mol. The van der Waals surface area contributed by atoms with Gasteiger partial charge in [-0.3, -0.25) is 0 Å². The molecular formula is C26H28. The van der Waals surface area contributed by atoms with Crippen LogP contribution in [0.25, 0.3) is 0 Å². The summed E-state index contributed by atoms with van der Waals surface area (Å²) in [6, 6.07) is 22.6. The van der Waals surface area contributed by atoms with Crippen LogP contribution in [0.2, 0.25) is 0 Å². The van der Waals surface area contributed by atoms with Crippen molar-refractivity contribution in [1.29, 1.82) is 0 Å². The third kappa shape index (κ3) is 2.35. The standard InChI is InChI=1S/C26H28/c1-17-13-15-21-22-16-14-18(2)24(22)26(20-11-7-4-8-12-20)25(23(17)21)19-9-5-3-6-10-19/h3-12,21-22,25-26H,13-16H2,1-2H3/t21-,22-,25+,26+/m0/s1. The van der Waals surface area contributed by atoms with Crippen LogP contribution in [0.3, 0.4) is 0 Å². The van der Waals surface area contributed by atoms with Gasteiger partial charge in [0.05, 0.1) is 0 Å². The second-order valence-electron chi connectivity index (χ2n) is 8.54. The van der Waals surface area contributed by atoms with Crippen molar-refractivity contribution in [2.45, 2.75) is 51.4 Å².